The first-order valence-electron chi connectivity index (χ1n) is 5.33. The molecule has 0 bridgehead atoms. The average molecular weight is 284 g/mol. The van der Waals surface area contributed by atoms with Gasteiger partial charge in [0.2, 0.25) is 0 Å². The maximum Gasteiger partial charge on any atom is 0.0992 e. The fourth-order valence-electron chi connectivity index (χ4n) is 1.33. The Morgan fingerprint density at radius 3 is 1.68 bits per heavy atom. The summed E-state index contributed by atoms with van der Waals surface area (Å²) in [6.45, 7) is 0. The molecule has 0 atom stereocenters. The Bertz CT molecular complexity index is 601. The summed E-state index contributed by atoms with van der Waals surface area (Å²) in [7, 11) is 0. The van der Waals surface area contributed by atoms with Gasteiger partial charge in [-0.2, -0.15) is 10.5 Å². The number of hydrogen-bond acceptors (Lipinski definition) is 5. The van der Waals surface area contributed by atoms with Gasteiger partial charge in [-0.15, -0.1) is 0 Å². The molecule has 0 radical (unpaired) electrons. The number of benzene rings is 2. The Balaban J connectivity index is 1.93. The molecule has 2 aromatic carbocycles. The summed E-state index contributed by atoms with van der Waals surface area (Å²) in [5.41, 5.74) is 1.20. The zero-order valence-electron chi connectivity index (χ0n) is 9.74. The van der Waals surface area contributed by atoms with Crippen LogP contribution in [0.3, 0.4) is 0 Å². The summed E-state index contributed by atoms with van der Waals surface area (Å²) in [6, 6.07) is 18.5. The van der Waals surface area contributed by atoms with Crippen LogP contribution >= 0.6 is 24.1 Å². The lowest BCUT2D eigenvalue weighted by molar-refractivity contribution is 0.756. The van der Waals surface area contributed by atoms with Gasteiger partial charge in [-0.3, -0.25) is 0 Å². The minimum absolute atomic E-state index is 0.602. The van der Waals surface area contributed by atoms with Crippen molar-refractivity contribution in [2.24, 2.45) is 0 Å². The normalized spacial score (nSPS) is 9.58. The van der Waals surface area contributed by atoms with E-state index in [1.54, 1.807) is 24.3 Å². The van der Waals surface area contributed by atoms with Crippen molar-refractivity contribution in [2.45, 2.75) is 9.79 Å². The zero-order chi connectivity index (χ0) is 13.5. The third-order valence-electron chi connectivity index (χ3n) is 2.19. The fraction of sp³-hybridized carbons (Fsp3) is 0. The molecule has 0 aliphatic carbocycles. The van der Waals surface area contributed by atoms with E-state index in [2.05, 4.69) is 12.1 Å². The molecule has 0 aliphatic rings. The van der Waals surface area contributed by atoms with Crippen molar-refractivity contribution >= 4 is 24.1 Å². The molecule has 5 heteroatoms. The molecule has 0 unspecified atom stereocenters. The maximum absolute atomic E-state index is 8.79. The molecule has 0 saturated heterocycles. The predicted octanol–water partition coefficient (Wildman–Crippen LogP) is 4.16. The van der Waals surface area contributed by atoms with Crippen molar-refractivity contribution < 1.29 is 3.63 Å². The molecule has 2 aromatic rings. The summed E-state index contributed by atoms with van der Waals surface area (Å²) < 4.78 is 5.42. The highest BCUT2D eigenvalue weighted by Gasteiger charge is 2.00. The monoisotopic (exact) mass is 284 g/mol. The van der Waals surface area contributed by atoms with Gasteiger partial charge < -0.3 is 0 Å². The minimum Gasteiger partial charge on any atom is -0.237 e. The van der Waals surface area contributed by atoms with E-state index in [0.717, 1.165) is 9.79 Å². The topological polar surface area (TPSA) is 56.8 Å². The average Bonchev–Trinajstić information content (AvgIpc) is 2.48. The van der Waals surface area contributed by atoms with Gasteiger partial charge in [0.1, 0.15) is 0 Å². The van der Waals surface area contributed by atoms with E-state index < -0.39 is 0 Å². The van der Waals surface area contributed by atoms with Crippen LogP contribution in [0, 0.1) is 22.7 Å². The van der Waals surface area contributed by atoms with Crippen LogP contribution in [0.4, 0.5) is 0 Å². The van der Waals surface area contributed by atoms with E-state index >= 15 is 0 Å². The largest absolute Gasteiger partial charge is 0.237 e. The van der Waals surface area contributed by atoms with E-state index in [-0.39, 0.29) is 0 Å². The first kappa shape index (κ1) is 13.5. The summed E-state index contributed by atoms with van der Waals surface area (Å²) in [5.74, 6) is 0. The second-order valence-corrected chi connectivity index (χ2v) is 5.33. The highest BCUT2D eigenvalue weighted by Crippen LogP contribution is 2.30. The van der Waals surface area contributed by atoms with Crippen molar-refractivity contribution in [2.75, 3.05) is 0 Å². The van der Waals surface area contributed by atoms with Crippen LogP contribution in [0.25, 0.3) is 0 Å². The number of rotatable bonds is 4. The smallest absolute Gasteiger partial charge is 0.0992 e. The molecule has 0 aliphatic heterocycles. The van der Waals surface area contributed by atoms with Crippen LogP contribution in [0.1, 0.15) is 11.1 Å². The molecule has 0 heterocycles. The first-order valence-corrected chi connectivity index (χ1v) is 6.81. The van der Waals surface area contributed by atoms with Crippen molar-refractivity contribution in [1.82, 2.24) is 0 Å². The second kappa shape index (κ2) is 6.86. The summed E-state index contributed by atoms with van der Waals surface area (Å²) in [5, 5.41) is 17.6. The van der Waals surface area contributed by atoms with Crippen LogP contribution in [0.2, 0.25) is 0 Å². The molecule has 19 heavy (non-hydrogen) atoms. The second-order valence-electron chi connectivity index (χ2n) is 3.51. The molecule has 92 valence electrons. The highest BCUT2D eigenvalue weighted by atomic mass is 32.2. The number of nitriles is 2. The molecular weight excluding hydrogens is 276 g/mol. The third kappa shape index (κ3) is 4.04. The van der Waals surface area contributed by atoms with Crippen LogP contribution in [-0.4, -0.2) is 0 Å². The van der Waals surface area contributed by atoms with Gasteiger partial charge in [-0.25, -0.2) is 3.63 Å². The molecule has 0 amide bonds. The summed E-state index contributed by atoms with van der Waals surface area (Å²) in [6.07, 6.45) is 0. The zero-order valence-corrected chi connectivity index (χ0v) is 11.4. The molecule has 3 nitrogen and oxygen atoms in total. The Labute approximate surface area is 120 Å². The first-order chi connectivity index (χ1) is 9.31. The number of hydrogen-bond donors (Lipinski definition) is 0. The molecule has 0 saturated carbocycles. The highest BCUT2D eigenvalue weighted by molar-refractivity contribution is 8.07. The summed E-state index contributed by atoms with van der Waals surface area (Å²) >= 11 is 2.37. The number of nitrogens with zero attached hydrogens (tertiary/aromatic N) is 2. The fourth-order valence-corrected chi connectivity index (χ4v) is 2.71. The van der Waals surface area contributed by atoms with Crippen molar-refractivity contribution in [1.29, 1.82) is 10.5 Å². The van der Waals surface area contributed by atoms with Gasteiger partial charge in [-0.1, -0.05) is 12.1 Å². The Kier molecular flexibility index (Phi) is 4.88. The van der Waals surface area contributed by atoms with E-state index in [0.29, 0.717) is 11.1 Å². The van der Waals surface area contributed by atoms with E-state index in [4.69, 9.17) is 14.2 Å². The molecular formula is C14H8N2OS2. The van der Waals surface area contributed by atoms with E-state index in [1.165, 1.54) is 24.1 Å². The molecule has 0 spiro atoms. The SMILES string of the molecule is N#Cc1cccc(SOSc2cccc(C#N)c2)c1. The standard InChI is InChI=1S/C14H8N2OS2/c15-9-11-3-1-5-13(7-11)18-17-19-14-6-2-4-12(8-14)10-16/h1-8H. The van der Waals surface area contributed by atoms with Crippen molar-refractivity contribution in [3.63, 3.8) is 0 Å². The lowest BCUT2D eigenvalue weighted by atomic mass is 10.2. The lowest BCUT2D eigenvalue weighted by Crippen LogP contribution is -1.78. The quantitative estimate of drug-likeness (QED) is 0.789. The molecule has 2 rings (SSSR count). The van der Waals surface area contributed by atoms with Crippen LogP contribution in [0.15, 0.2) is 58.3 Å². The molecule has 0 aromatic heterocycles. The van der Waals surface area contributed by atoms with E-state index in [1.807, 2.05) is 24.3 Å². The van der Waals surface area contributed by atoms with Gasteiger partial charge in [-0.05, 0) is 36.4 Å². The van der Waals surface area contributed by atoms with Gasteiger partial charge >= 0.3 is 0 Å². The van der Waals surface area contributed by atoms with E-state index in [9.17, 15) is 0 Å². The third-order valence-corrected chi connectivity index (χ3v) is 3.62. The predicted molar refractivity (Wildman–Crippen MR) is 75.1 cm³/mol. The minimum atomic E-state index is 0.602. The molecule has 0 N–H and O–H groups in total. The van der Waals surface area contributed by atoms with Crippen LogP contribution in [0.5, 0.6) is 0 Å². The Morgan fingerprint density at radius 1 is 0.789 bits per heavy atom. The van der Waals surface area contributed by atoms with Crippen molar-refractivity contribution in [3.05, 3.63) is 59.7 Å². The maximum atomic E-state index is 8.79. The Morgan fingerprint density at radius 2 is 1.26 bits per heavy atom. The van der Waals surface area contributed by atoms with Crippen molar-refractivity contribution in [3.8, 4) is 12.1 Å². The Hall–Kier alpha value is -1.92. The van der Waals surface area contributed by atoms with Crippen LogP contribution < -0.4 is 0 Å². The lowest BCUT2D eigenvalue weighted by Gasteiger charge is -2.02. The summed E-state index contributed by atoms with van der Waals surface area (Å²) in [4.78, 5) is 1.73. The van der Waals surface area contributed by atoms with Gasteiger partial charge in [0.25, 0.3) is 0 Å². The van der Waals surface area contributed by atoms with Gasteiger partial charge in [0.15, 0.2) is 0 Å². The molecule has 0 fully saturated rings. The van der Waals surface area contributed by atoms with Gasteiger partial charge in [0, 0.05) is 33.9 Å². The van der Waals surface area contributed by atoms with Gasteiger partial charge in [0.05, 0.1) is 23.3 Å². The van der Waals surface area contributed by atoms with Crippen LogP contribution in [-0.2, 0) is 3.63 Å².